The van der Waals surface area contributed by atoms with Gasteiger partial charge in [-0.05, 0) is 12.0 Å². The van der Waals surface area contributed by atoms with Crippen molar-refractivity contribution >= 4 is 10.9 Å². The van der Waals surface area contributed by atoms with Gasteiger partial charge in [0.05, 0.1) is 17.1 Å². The van der Waals surface area contributed by atoms with Crippen molar-refractivity contribution in [3.05, 3.63) is 34.1 Å². The van der Waals surface area contributed by atoms with E-state index in [0.29, 0.717) is 22.6 Å². The number of fused-ring (bicyclic) bond motifs is 1. The highest BCUT2D eigenvalue weighted by atomic mass is 16.1. The largest absolute Gasteiger partial charge is 0.310 e. The summed E-state index contributed by atoms with van der Waals surface area (Å²) in [6.07, 6.45) is 1.69. The van der Waals surface area contributed by atoms with E-state index in [-0.39, 0.29) is 11.5 Å². The number of H-pyrrole nitrogens is 1. The number of hydrogen-bond donors (Lipinski definition) is 1. The third-order valence-electron chi connectivity index (χ3n) is 2.77. The van der Waals surface area contributed by atoms with Crippen LogP contribution in [0.25, 0.3) is 10.9 Å². The van der Waals surface area contributed by atoms with Gasteiger partial charge in [-0.1, -0.05) is 27.7 Å². The molecule has 1 N–H and O–H groups in total. The second-order valence-electron chi connectivity index (χ2n) is 4.89. The molecule has 0 aliphatic carbocycles. The normalized spacial score (nSPS) is 11.6. The van der Waals surface area contributed by atoms with E-state index in [9.17, 15) is 4.79 Å². The number of nitrogens with one attached hydrogen (secondary N) is 1. The number of aromatic amines is 1. The number of pyridine rings is 1. The van der Waals surface area contributed by atoms with Crippen LogP contribution in [0.5, 0.6) is 0 Å². The van der Waals surface area contributed by atoms with Crippen LogP contribution in [0.2, 0.25) is 0 Å². The minimum Gasteiger partial charge on any atom is -0.310 e. The first kappa shape index (κ1) is 11.8. The van der Waals surface area contributed by atoms with Crippen molar-refractivity contribution in [3.8, 4) is 0 Å². The predicted molar refractivity (Wildman–Crippen MR) is 68.3 cm³/mol. The zero-order valence-corrected chi connectivity index (χ0v) is 10.6. The van der Waals surface area contributed by atoms with E-state index >= 15 is 0 Å². The van der Waals surface area contributed by atoms with Gasteiger partial charge in [-0.25, -0.2) is 4.98 Å². The SMILES string of the molecule is CC(C)c1cc2c(=O)[nH]c(C(C)C)nc2cn1. The Bertz CT molecular complexity index is 599. The van der Waals surface area contributed by atoms with Gasteiger partial charge in [0.15, 0.2) is 0 Å². The van der Waals surface area contributed by atoms with Crippen LogP contribution >= 0.6 is 0 Å². The first-order chi connectivity index (χ1) is 7.99. The van der Waals surface area contributed by atoms with Gasteiger partial charge in [-0.2, -0.15) is 0 Å². The standard InChI is InChI=1S/C13H17N3O/c1-7(2)10-5-9-11(6-14-10)15-12(8(3)4)16-13(9)17/h5-8H,1-4H3,(H,15,16,17). The summed E-state index contributed by atoms with van der Waals surface area (Å²) in [6, 6.07) is 1.83. The topological polar surface area (TPSA) is 58.6 Å². The number of aromatic nitrogens is 3. The summed E-state index contributed by atoms with van der Waals surface area (Å²) in [4.78, 5) is 23.5. The summed E-state index contributed by atoms with van der Waals surface area (Å²) < 4.78 is 0. The fraction of sp³-hybridized carbons (Fsp3) is 0.462. The zero-order chi connectivity index (χ0) is 12.6. The molecule has 90 valence electrons. The molecular weight excluding hydrogens is 214 g/mol. The molecule has 0 atom stereocenters. The average Bonchev–Trinajstić information content (AvgIpc) is 2.28. The highest BCUT2D eigenvalue weighted by Gasteiger charge is 2.09. The molecule has 2 aromatic heterocycles. The van der Waals surface area contributed by atoms with E-state index in [4.69, 9.17) is 0 Å². The van der Waals surface area contributed by atoms with Crippen LogP contribution in [0, 0.1) is 0 Å². The quantitative estimate of drug-likeness (QED) is 0.864. The summed E-state index contributed by atoms with van der Waals surface area (Å²) in [7, 11) is 0. The van der Waals surface area contributed by atoms with Gasteiger partial charge < -0.3 is 4.98 Å². The highest BCUT2D eigenvalue weighted by Crippen LogP contribution is 2.16. The first-order valence-electron chi connectivity index (χ1n) is 5.89. The number of nitrogens with zero attached hydrogens (tertiary/aromatic N) is 2. The molecule has 0 aliphatic rings. The minimum atomic E-state index is -0.0806. The lowest BCUT2D eigenvalue weighted by Crippen LogP contribution is -2.13. The summed E-state index contributed by atoms with van der Waals surface area (Å²) in [6.45, 7) is 8.11. The molecule has 0 fully saturated rings. The summed E-state index contributed by atoms with van der Waals surface area (Å²) in [5.41, 5.74) is 1.51. The van der Waals surface area contributed by atoms with Crippen LogP contribution in [0.15, 0.2) is 17.1 Å². The second-order valence-corrected chi connectivity index (χ2v) is 4.89. The minimum absolute atomic E-state index is 0.0806. The molecule has 0 saturated carbocycles. The molecule has 2 rings (SSSR count). The summed E-state index contributed by atoms with van der Waals surface area (Å²) in [5, 5.41) is 0.619. The third kappa shape index (κ3) is 2.20. The lowest BCUT2D eigenvalue weighted by molar-refractivity contribution is 0.774. The van der Waals surface area contributed by atoms with Crippen molar-refractivity contribution in [1.29, 1.82) is 0 Å². The molecule has 4 nitrogen and oxygen atoms in total. The van der Waals surface area contributed by atoms with Gasteiger partial charge in [-0.3, -0.25) is 9.78 Å². The molecule has 2 heterocycles. The van der Waals surface area contributed by atoms with Crippen LogP contribution in [0.1, 0.15) is 51.0 Å². The van der Waals surface area contributed by atoms with E-state index in [1.165, 1.54) is 0 Å². The van der Waals surface area contributed by atoms with Crippen LogP contribution in [-0.2, 0) is 0 Å². The van der Waals surface area contributed by atoms with E-state index in [2.05, 4.69) is 28.8 Å². The fourth-order valence-corrected chi connectivity index (χ4v) is 1.67. The van der Waals surface area contributed by atoms with Crippen molar-refractivity contribution in [3.63, 3.8) is 0 Å². The van der Waals surface area contributed by atoms with Crippen molar-refractivity contribution in [2.24, 2.45) is 0 Å². The molecule has 0 unspecified atom stereocenters. The molecular formula is C13H17N3O. The van der Waals surface area contributed by atoms with Crippen molar-refractivity contribution in [1.82, 2.24) is 15.0 Å². The van der Waals surface area contributed by atoms with E-state index in [1.54, 1.807) is 6.20 Å². The molecule has 0 spiro atoms. The van der Waals surface area contributed by atoms with Gasteiger partial charge in [0, 0.05) is 11.6 Å². The maximum Gasteiger partial charge on any atom is 0.258 e. The maximum absolute atomic E-state index is 12.0. The molecule has 0 saturated heterocycles. The molecule has 2 aromatic rings. The van der Waals surface area contributed by atoms with Gasteiger partial charge in [0.1, 0.15) is 5.82 Å². The molecule has 0 bridgehead atoms. The van der Waals surface area contributed by atoms with Crippen LogP contribution < -0.4 is 5.56 Å². The molecule has 0 aliphatic heterocycles. The van der Waals surface area contributed by atoms with Crippen LogP contribution in [0.4, 0.5) is 0 Å². The fourth-order valence-electron chi connectivity index (χ4n) is 1.67. The molecule has 0 radical (unpaired) electrons. The van der Waals surface area contributed by atoms with Crippen molar-refractivity contribution in [2.45, 2.75) is 39.5 Å². The summed E-state index contributed by atoms with van der Waals surface area (Å²) in [5.74, 6) is 1.22. The number of hydrogen-bond acceptors (Lipinski definition) is 3. The predicted octanol–water partition coefficient (Wildman–Crippen LogP) is 2.56. The lowest BCUT2D eigenvalue weighted by atomic mass is 10.1. The molecule has 17 heavy (non-hydrogen) atoms. The van der Waals surface area contributed by atoms with E-state index in [1.807, 2.05) is 19.9 Å². The third-order valence-corrected chi connectivity index (χ3v) is 2.77. The Morgan fingerprint density at radius 3 is 2.47 bits per heavy atom. The zero-order valence-electron chi connectivity index (χ0n) is 10.6. The summed E-state index contributed by atoms with van der Waals surface area (Å²) >= 11 is 0. The van der Waals surface area contributed by atoms with E-state index in [0.717, 1.165) is 5.69 Å². The molecule has 4 heteroatoms. The Morgan fingerprint density at radius 1 is 1.18 bits per heavy atom. The lowest BCUT2D eigenvalue weighted by Gasteiger charge is -2.08. The maximum atomic E-state index is 12.0. The highest BCUT2D eigenvalue weighted by molar-refractivity contribution is 5.76. The Hall–Kier alpha value is -1.71. The Morgan fingerprint density at radius 2 is 1.88 bits per heavy atom. The van der Waals surface area contributed by atoms with Crippen LogP contribution in [-0.4, -0.2) is 15.0 Å². The van der Waals surface area contributed by atoms with Gasteiger partial charge in [0.2, 0.25) is 0 Å². The Kier molecular flexibility index (Phi) is 2.96. The smallest absolute Gasteiger partial charge is 0.258 e. The first-order valence-corrected chi connectivity index (χ1v) is 5.89. The molecule has 0 aromatic carbocycles. The monoisotopic (exact) mass is 231 g/mol. The van der Waals surface area contributed by atoms with E-state index < -0.39 is 0 Å². The Labute approximate surface area is 100 Å². The Balaban J connectivity index is 2.69. The van der Waals surface area contributed by atoms with Gasteiger partial charge in [0.25, 0.3) is 5.56 Å². The average molecular weight is 231 g/mol. The van der Waals surface area contributed by atoms with Crippen LogP contribution in [0.3, 0.4) is 0 Å². The number of rotatable bonds is 2. The van der Waals surface area contributed by atoms with Crippen molar-refractivity contribution < 1.29 is 0 Å². The second kappa shape index (κ2) is 4.28. The van der Waals surface area contributed by atoms with Gasteiger partial charge in [-0.15, -0.1) is 0 Å². The van der Waals surface area contributed by atoms with Crippen molar-refractivity contribution in [2.75, 3.05) is 0 Å². The van der Waals surface area contributed by atoms with Gasteiger partial charge >= 0.3 is 0 Å². The molecule has 0 amide bonds.